The summed E-state index contributed by atoms with van der Waals surface area (Å²) in [7, 11) is 0. The molecule has 0 bridgehead atoms. The largest absolute Gasteiger partial charge is 0.435 e. The first-order chi connectivity index (χ1) is 9.54. The summed E-state index contributed by atoms with van der Waals surface area (Å²) in [6.45, 7) is -1.46. The van der Waals surface area contributed by atoms with Crippen LogP contribution in [0.25, 0.3) is 0 Å². The van der Waals surface area contributed by atoms with E-state index in [2.05, 4.69) is 4.74 Å². The maximum atomic E-state index is 12.1. The fourth-order valence-electron chi connectivity index (χ4n) is 2.22. The third-order valence-corrected chi connectivity index (χ3v) is 3.40. The number of alkyl halides is 2. The predicted octanol–water partition coefficient (Wildman–Crippen LogP) is 2.20. The normalized spacial score (nSPS) is 15.7. The Bertz CT molecular complexity index is 449. The number of benzene rings is 1. The molecular weight excluding hydrogens is 302 g/mol. The molecule has 0 spiro atoms. The van der Waals surface area contributed by atoms with Crippen LogP contribution in [-0.2, 0) is 11.2 Å². The van der Waals surface area contributed by atoms with E-state index in [1.165, 1.54) is 12.1 Å². The van der Waals surface area contributed by atoms with Gasteiger partial charge < -0.3 is 15.4 Å². The number of rotatable bonds is 4. The van der Waals surface area contributed by atoms with Gasteiger partial charge in [-0.25, -0.2) is 0 Å². The van der Waals surface area contributed by atoms with Crippen LogP contribution in [0.15, 0.2) is 24.3 Å². The van der Waals surface area contributed by atoms with Crippen molar-refractivity contribution in [1.29, 1.82) is 0 Å². The van der Waals surface area contributed by atoms with Gasteiger partial charge in [-0.3, -0.25) is 4.79 Å². The van der Waals surface area contributed by atoms with Crippen LogP contribution in [0.1, 0.15) is 18.4 Å². The second kappa shape index (κ2) is 8.14. The number of piperidine rings is 1. The molecule has 2 N–H and O–H groups in total. The average molecular weight is 321 g/mol. The Kier molecular flexibility index (Phi) is 6.84. The SMILES string of the molecule is Cl.NC1CCN(C(=O)Cc2ccc(OC(F)F)cc2)CC1. The lowest BCUT2D eigenvalue weighted by molar-refractivity contribution is -0.131. The minimum atomic E-state index is -2.83. The maximum absolute atomic E-state index is 12.1. The Morgan fingerprint density at radius 2 is 1.86 bits per heavy atom. The molecule has 0 saturated carbocycles. The van der Waals surface area contributed by atoms with Gasteiger partial charge in [-0.05, 0) is 30.5 Å². The number of hydrogen-bond acceptors (Lipinski definition) is 3. The molecule has 0 atom stereocenters. The monoisotopic (exact) mass is 320 g/mol. The van der Waals surface area contributed by atoms with Crippen molar-refractivity contribution in [2.75, 3.05) is 13.1 Å². The fraction of sp³-hybridized carbons (Fsp3) is 0.500. The van der Waals surface area contributed by atoms with E-state index in [-0.39, 0.29) is 36.5 Å². The van der Waals surface area contributed by atoms with E-state index in [0.29, 0.717) is 13.1 Å². The van der Waals surface area contributed by atoms with Crippen LogP contribution >= 0.6 is 12.4 Å². The van der Waals surface area contributed by atoms with E-state index in [9.17, 15) is 13.6 Å². The van der Waals surface area contributed by atoms with E-state index < -0.39 is 6.61 Å². The summed E-state index contributed by atoms with van der Waals surface area (Å²) in [6.07, 6.45) is 1.92. The number of nitrogens with two attached hydrogens (primary N) is 1. The Hall–Kier alpha value is -1.40. The Morgan fingerprint density at radius 3 is 2.38 bits per heavy atom. The molecule has 0 radical (unpaired) electrons. The van der Waals surface area contributed by atoms with E-state index >= 15 is 0 Å². The highest BCUT2D eigenvalue weighted by Crippen LogP contribution is 2.16. The van der Waals surface area contributed by atoms with Gasteiger partial charge in [0.05, 0.1) is 6.42 Å². The van der Waals surface area contributed by atoms with Gasteiger partial charge >= 0.3 is 6.61 Å². The van der Waals surface area contributed by atoms with Gasteiger partial charge in [-0.2, -0.15) is 8.78 Å². The summed E-state index contributed by atoms with van der Waals surface area (Å²) >= 11 is 0. The van der Waals surface area contributed by atoms with Crippen LogP contribution in [0.2, 0.25) is 0 Å². The van der Waals surface area contributed by atoms with Gasteiger partial charge in [0.2, 0.25) is 5.91 Å². The standard InChI is InChI=1S/C14H18F2N2O2.ClH/c15-14(16)20-12-3-1-10(2-4-12)9-13(19)18-7-5-11(17)6-8-18;/h1-4,11,14H,5-9,17H2;1H. The molecule has 1 aliphatic rings. The Morgan fingerprint density at radius 1 is 1.29 bits per heavy atom. The smallest absolute Gasteiger partial charge is 0.387 e. The number of nitrogens with zero attached hydrogens (tertiary/aromatic N) is 1. The van der Waals surface area contributed by atoms with Crippen molar-refractivity contribution in [2.45, 2.75) is 31.9 Å². The zero-order valence-electron chi connectivity index (χ0n) is 11.5. The number of amides is 1. The van der Waals surface area contributed by atoms with Gasteiger partial charge in [0.15, 0.2) is 0 Å². The zero-order chi connectivity index (χ0) is 14.5. The van der Waals surface area contributed by atoms with Gasteiger partial charge in [-0.15, -0.1) is 12.4 Å². The van der Waals surface area contributed by atoms with Crippen molar-refractivity contribution in [2.24, 2.45) is 5.73 Å². The molecule has 0 aliphatic carbocycles. The van der Waals surface area contributed by atoms with Crippen molar-refractivity contribution in [3.8, 4) is 5.75 Å². The molecule has 1 fully saturated rings. The molecule has 21 heavy (non-hydrogen) atoms. The molecule has 0 unspecified atom stereocenters. The first kappa shape index (κ1) is 17.7. The quantitative estimate of drug-likeness (QED) is 0.925. The number of carbonyl (C=O) groups is 1. The second-order valence-electron chi connectivity index (χ2n) is 4.92. The minimum Gasteiger partial charge on any atom is -0.435 e. The fourth-order valence-corrected chi connectivity index (χ4v) is 2.22. The summed E-state index contributed by atoms with van der Waals surface area (Å²) in [5, 5.41) is 0. The van der Waals surface area contributed by atoms with E-state index in [4.69, 9.17) is 5.73 Å². The van der Waals surface area contributed by atoms with E-state index in [0.717, 1.165) is 18.4 Å². The van der Waals surface area contributed by atoms with Crippen LogP contribution in [0.4, 0.5) is 8.78 Å². The molecular formula is C14H19ClF2N2O2. The topological polar surface area (TPSA) is 55.6 Å². The maximum Gasteiger partial charge on any atom is 0.387 e. The highest BCUT2D eigenvalue weighted by molar-refractivity contribution is 5.85. The molecule has 1 aliphatic heterocycles. The third kappa shape index (κ3) is 5.47. The lowest BCUT2D eigenvalue weighted by atomic mass is 10.0. The number of halogens is 3. The van der Waals surface area contributed by atoms with Crippen molar-refractivity contribution < 1.29 is 18.3 Å². The molecule has 1 saturated heterocycles. The molecule has 0 aromatic heterocycles. The summed E-state index contributed by atoms with van der Waals surface area (Å²) in [5.74, 6) is 0.138. The third-order valence-electron chi connectivity index (χ3n) is 3.40. The lowest BCUT2D eigenvalue weighted by Crippen LogP contribution is -2.43. The van der Waals surface area contributed by atoms with Crippen molar-refractivity contribution >= 4 is 18.3 Å². The van der Waals surface area contributed by atoms with Gasteiger partial charge in [-0.1, -0.05) is 12.1 Å². The number of hydrogen-bond donors (Lipinski definition) is 1. The molecule has 1 aromatic carbocycles. The predicted molar refractivity (Wildman–Crippen MR) is 77.8 cm³/mol. The van der Waals surface area contributed by atoms with Crippen LogP contribution < -0.4 is 10.5 Å². The van der Waals surface area contributed by atoms with Crippen molar-refractivity contribution in [1.82, 2.24) is 4.90 Å². The van der Waals surface area contributed by atoms with Gasteiger partial charge in [0.1, 0.15) is 5.75 Å². The average Bonchev–Trinajstić information content (AvgIpc) is 2.41. The molecule has 1 amide bonds. The number of ether oxygens (including phenoxy) is 1. The first-order valence-corrected chi connectivity index (χ1v) is 6.61. The number of carbonyl (C=O) groups excluding carboxylic acids is 1. The minimum absolute atomic E-state index is 0. The van der Waals surface area contributed by atoms with Gasteiger partial charge in [0.25, 0.3) is 0 Å². The van der Waals surface area contributed by atoms with Crippen molar-refractivity contribution in [3.63, 3.8) is 0 Å². The van der Waals surface area contributed by atoms with Crippen LogP contribution in [0, 0.1) is 0 Å². The molecule has 118 valence electrons. The van der Waals surface area contributed by atoms with Crippen molar-refractivity contribution in [3.05, 3.63) is 29.8 Å². The zero-order valence-corrected chi connectivity index (χ0v) is 12.3. The first-order valence-electron chi connectivity index (χ1n) is 6.61. The van der Waals surface area contributed by atoms with Gasteiger partial charge in [0, 0.05) is 19.1 Å². The van der Waals surface area contributed by atoms with Crippen LogP contribution in [0.5, 0.6) is 5.75 Å². The van der Waals surface area contributed by atoms with Crippen LogP contribution in [-0.4, -0.2) is 36.5 Å². The number of likely N-dealkylation sites (tertiary alicyclic amines) is 1. The molecule has 2 rings (SSSR count). The summed E-state index contributed by atoms with van der Waals surface area (Å²) in [5.41, 5.74) is 6.58. The molecule has 4 nitrogen and oxygen atoms in total. The van der Waals surface area contributed by atoms with E-state index in [1.807, 2.05) is 0 Å². The summed E-state index contributed by atoms with van der Waals surface area (Å²) in [4.78, 5) is 13.9. The molecule has 1 aromatic rings. The van der Waals surface area contributed by atoms with E-state index in [1.54, 1.807) is 17.0 Å². The highest BCUT2D eigenvalue weighted by Gasteiger charge is 2.20. The Balaban J connectivity index is 0.00000220. The lowest BCUT2D eigenvalue weighted by Gasteiger charge is -2.30. The second-order valence-corrected chi connectivity index (χ2v) is 4.92. The molecule has 7 heteroatoms. The van der Waals surface area contributed by atoms with Crippen LogP contribution in [0.3, 0.4) is 0 Å². The summed E-state index contributed by atoms with van der Waals surface area (Å²) < 4.78 is 28.3. The highest BCUT2D eigenvalue weighted by atomic mass is 35.5. The molecule has 1 heterocycles. The summed E-state index contributed by atoms with van der Waals surface area (Å²) in [6, 6.07) is 6.34. The Labute approximate surface area is 128 Å².